The molecule has 0 aliphatic carbocycles. The lowest BCUT2D eigenvalue weighted by Gasteiger charge is -2.15. The van der Waals surface area contributed by atoms with E-state index in [0.717, 1.165) is 6.42 Å². The molecule has 0 aliphatic heterocycles. The van der Waals surface area contributed by atoms with Gasteiger partial charge in [0.2, 0.25) is 5.91 Å². The summed E-state index contributed by atoms with van der Waals surface area (Å²) in [4.78, 5) is 11.1. The van der Waals surface area contributed by atoms with Crippen LogP contribution < -0.4 is 3.53 Å². The molecule has 0 rings (SSSR count). The van der Waals surface area contributed by atoms with Crippen LogP contribution in [0, 0.1) is 5.92 Å². The Kier molecular flexibility index (Phi) is 7.59. The Hall–Kier alpha value is 0.120. The van der Waals surface area contributed by atoms with E-state index >= 15 is 0 Å². The van der Waals surface area contributed by atoms with Gasteiger partial charge in [-0.2, -0.15) is 0 Å². The van der Waals surface area contributed by atoms with E-state index in [2.05, 4.69) is 3.53 Å². The third-order valence-electron chi connectivity index (χ3n) is 1.84. The number of rotatable bonds is 6. The number of amides is 1. The Bertz CT molecular complexity index is 154. The molecule has 2 unspecified atom stereocenters. The summed E-state index contributed by atoms with van der Waals surface area (Å²) >= 11 is 1.75. The number of nitrogens with one attached hydrogen (secondary N) is 1. The molecule has 2 N–H and O–H groups in total. The summed E-state index contributed by atoms with van der Waals surface area (Å²) in [5, 5.41) is 8.87. The molecule has 0 fully saturated rings. The average Bonchev–Trinajstić information content (AvgIpc) is 2.17. The molecule has 0 aromatic rings. The van der Waals surface area contributed by atoms with Gasteiger partial charge in [-0.25, -0.2) is 0 Å². The molecule has 0 saturated carbocycles. The lowest BCUT2D eigenvalue weighted by Crippen LogP contribution is -2.31. The maximum absolute atomic E-state index is 11.1. The first-order valence-electron chi connectivity index (χ1n) is 4.28. The van der Waals surface area contributed by atoms with Crippen molar-refractivity contribution in [3.05, 3.63) is 0 Å². The van der Waals surface area contributed by atoms with Crippen LogP contribution in [0.3, 0.4) is 0 Å². The van der Waals surface area contributed by atoms with Gasteiger partial charge in [0.25, 0.3) is 0 Å². The van der Waals surface area contributed by atoms with E-state index in [1.165, 1.54) is 0 Å². The minimum atomic E-state index is -0.453. The average molecular weight is 301 g/mol. The highest BCUT2D eigenvalue weighted by Crippen LogP contribution is 2.03. The van der Waals surface area contributed by atoms with E-state index in [1.54, 1.807) is 22.9 Å². The second-order valence-corrected chi connectivity index (χ2v) is 3.43. The number of halogens is 1. The summed E-state index contributed by atoms with van der Waals surface area (Å²) in [7, 11) is 0. The molecule has 4 nitrogen and oxygen atoms in total. The van der Waals surface area contributed by atoms with Gasteiger partial charge in [0.05, 0.1) is 48.1 Å². The molecule has 0 bridgehead atoms. The number of carbonyl (C=O) groups excluding carboxylic acids is 1. The zero-order valence-corrected chi connectivity index (χ0v) is 10.1. The number of ether oxygens (including phenoxy) is 1. The predicted octanol–water partition coefficient (Wildman–Crippen LogP) is 0.876. The molecule has 13 heavy (non-hydrogen) atoms. The predicted molar refractivity (Wildman–Crippen MR) is 58.4 cm³/mol. The van der Waals surface area contributed by atoms with Gasteiger partial charge in [0, 0.05) is 0 Å². The molecule has 2 atom stereocenters. The summed E-state index contributed by atoms with van der Waals surface area (Å²) in [6, 6.07) is 0. The van der Waals surface area contributed by atoms with Crippen molar-refractivity contribution in [2.75, 3.05) is 13.2 Å². The summed E-state index contributed by atoms with van der Waals surface area (Å²) in [5.74, 6) is -0.641. The summed E-state index contributed by atoms with van der Waals surface area (Å²) in [6.45, 7) is 4.05. The first kappa shape index (κ1) is 13.1. The van der Waals surface area contributed by atoms with Gasteiger partial charge < -0.3 is 9.84 Å². The van der Waals surface area contributed by atoms with Crippen molar-refractivity contribution in [3.8, 4) is 0 Å². The number of aliphatic hydroxyl groups excluding tert-OH is 1. The van der Waals surface area contributed by atoms with E-state index in [4.69, 9.17) is 9.84 Å². The zero-order valence-electron chi connectivity index (χ0n) is 7.92. The fraction of sp³-hybridized carbons (Fsp3) is 0.875. The van der Waals surface area contributed by atoms with E-state index in [1.807, 2.05) is 13.8 Å². The van der Waals surface area contributed by atoms with Crippen molar-refractivity contribution in [2.24, 2.45) is 5.92 Å². The Morgan fingerprint density at radius 1 is 1.69 bits per heavy atom. The van der Waals surface area contributed by atoms with Crippen LogP contribution in [0.15, 0.2) is 0 Å². The summed E-state index contributed by atoms with van der Waals surface area (Å²) in [6.07, 6.45) is 1.04. The zero-order chi connectivity index (χ0) is 10.3. The normalized spacial score (nSPS) is 15.1. The van der Waals surface area contributed by atoms with E-state index in [0.29, 0.717) is 0 Å². The lowest BCUT2D eigenvalue weighted by atomic mass is 10.1. The molecule has 5 heteroatoms. The molecule has 0 spiro atoms. The van der Waals surface area contributed by atoms with Crippen molar-refractivity contribution < 1.29 is 14.6 Å². The van der Waals surface area contributed by atoms with Crippen molar-refractivity contribution in [1.82, 2.24) is 3.53 Å². The van der Waals surface area contributed by atoms with Crippen molar-refractivity contribution in [1.29, 1.82) is 0 Å². The molecular weight excluding hydrogens is 285 g/mol. The molecule has 78 valence electrons. The molecule has 0 aromatic heterocycles. The van der Waals surface area contributed by atoms with Gasteiger partial charge in [-0.15, -0.1) is 0 Å². The molecule has 1 amide bonds. The van der Waals surface area contributed by atoms with Crippen LogP contribution in [-0.4, -0.2) is 30.3 Å². The quantitative estimate of drug-likeness (QED) is 0.565. The Labute approximate surface area is 92.5 Å². The Balaban J connectivity index is 3.78. The van der Waals surface area contributed by atoms with Crippen LogP contribution in [0.5, 0.6) is 0 Å². The van der Waals surface area contributed by atoms with Gasteiger partial charge in [-0.3, -0.25) is 8.32 Å². The highest BCUT2D eigenvalue weighted by Gasteiger charge is 2.17. The number of aliphatic hydroxyl groups is 1. The van der Waals surface area contributed by atoms with Gasteiger partial charge in [-0.1, -0.05) is 6.92 Å². The van der Waals surface area contributed by atoms with Gasteiger partial charge >= 0.3 is 0 Å². The number of carbonyl (C=O) groups is 1. The molecule has 0 radical (unpaired) electrons. The van der Waals surface area contributed by atoms with E-state index in [9.17, 15) is 4.79 Å². The topological polar surface area (TPSA) is 58.6 Å². The highest BCUT2D eigenvalue weighted by molar-refractivity contribution is 14.1. The fourth-order valence-electron chi connectivity index (χ4n) is 0.687. The maximum atomic E-state index is 11.1. The first-order valence-corrected chi connectivity index (χ1v) is 5.36. The number of hydrogen-bond acceptors (Lipinski definition) is 3. The highest BCUT2D eigenvalue weighted by atomic mass is 127. The second-order valence-electron chi connectivity index (χ2n) is 2.89. The van der Waals surface area contributed by atoms with Gasteiger partial charge in [0.1, 0.15) is 0 Å². The SMILES string of the molecule is CCC(C)OCC(CO)C(=O)NI. The fourth-order valence-corrected chi connectivity index (χ4v) is 1.13. The smallest absolute Gasteiger partial charge is 0.236 e. The van der Waals surface area contributed by atoms with Crippen LogP contribution in [0.2, 0.25) is 0 Å². The summed E-state index contributed by atoms with van der Waals surface area (Å²) in [5.41, 5.74) is 0. The van der Waals surface area contributed by atoms with Crippen molar-refractivity contribution in [2.45, 2.75) is 26.4 Å². The molecule has 0 heterocycles. The minimum absolute atomic E-state index is 0.135. The van der Waals surface area contributed by atoms with Crippen LogP contribution >= 0.6 is 22.9 Å². The van der Waals surface area contributed by atoms with Crippen LogP contribution in [-0.2, 0) is 9.53 Å². The lowest BCUT2D eigenvalue weighted by molar-refractivity contribution is -0.126. The standard InChI is InChI=1S/C8H16INO3/c1-3-6(2)13-5-7(4-11)8(12)10-9/h6-7,11H,3-5H2,1-2H3,(H,10,12). The molecule has 0 saturated heterocycles. The number of hydrogen-bond donors (Lipinski definition) is 2. The van der Waals surface area contributed by atoms with E-state index < -0.39 is 5.92 Å². The molecule has 0 aliphatic rings. The molecule has 0 aromatic carbocycles. The third kappa shape index (κ3) is 5.43. The van der Waals surface area contributed by atoms with Gasteiger partial charge in [0.15, 0.2) is 0 Å². The Morgan fingerprint density at radius 3 is 2.69 bits per heavy atom. The van der Waals surface area contributed by atoms with Crippen LogP contribution in [0.1, 0.15) is 20.3 Å². The van der Waals surface area contributed by atoms with Crippen LogP contribution in [0.25, 0.3) is 0 Å². The van der Waals surface area contributed by atoms with Crippen LogP contribution in [0.4, 0.5) is 0 Å². The Morgan fingerprint density at radius 2 is 2.31 bits per heavy atom. The van der Waals surface area contributed by atoms with Crippen molar-refractivity contribution in [3.63, 3.8) is 0 Å². The molecular formula is C8H16INO3. The monoisotopic (exact) mass is 301 g/mol. The second kappa shape index (κ2) is 7.52. The summed E-state index contributed by atoms with van der Waals surface area (Å²) < 4.78 is 7.79. The third-order valence-corrected chi connectivity index (χ3v) is 2.37. The minimum Gasteiger partial charge on any atom is -0.395 e. The van der Waals surface area contributed by atoms with Gasteiger partial charge in [-0.05, 0) is 13.3 Å². The van der Waals surface area contributed by atoms with Crippen molar-refractivity contribution >= 4 is 28.8 Å². The first-order chi connectivity index (χ1) is 6.15. The largest absolute Gasteiger partial charge is 0.395 e. The maximum Gasteiger partial charge on any atom is 0.236 e. The van der Waals surface area contributed by atoms with E-state index in [-0.39, 0.29) is 25.2 Å².